The van der Waals surface area contributed by atoms with Gasteiger partial charge in [-0.05, 0) is 66.1 Å². The highest BCUT2D eigenvalue weighted by molar-refractivity contribution is 7.98. The number of aryl methyl sites for hydroxylation is 2. The van der Waals surface area contributed by atoms with Crippen LogP contribution in [0.15, 0.2) is 22.9 Å². The van der Waals surface area contributed by atoms with Gasteiger partial charge >= 0.3 is 0 Å². The van der Waals surface area contributed by atoms with Crippen molar-refractivity contribution in [2.24, 2.45) is 0 Å². The number of rotatable bonds is 5. The fourth-order valence-electron chi connectivity index (χ4n) is 2.52. The standard InChI is InChI=1S/C15H19NS3/c1-16-13(3-2-11-4-6-17-9-11)15-8-12-10-18-7-5-14(12)19-15/h4,6,8-9,13,16H,2-3,5,7,10H2,1H3. The quantitative estimate of drug-likeness (QED) is 0.873. The van der Waals surface area contributed by atoms with Crippen LogP contribution in [0, 0.1) is 0 Å². The molecule has 0 saturated carbocycles. The molecule has 0 fully saturated rings. The Kier molecular flexibility index (Phi) is 4.64. The van der Waals surface area contributed by atoms with Crippen molar-refractivity contribution in [3.05, 3.63) is 43.8 Å². The molecule has 1 aliphatic heterocycles. The van der Waals surface area contributed by atoms with Gasteiger partial charge in [0.25, 0.3) is 0 Å². The van der Waals surface area contributed by atoms with Gasteiger partial charge in [-0.2, -0.15) is 23.1 Å². The van der Waals surface area contributed by atoms with E-state index in [9.17, 15) is 0 Å². The normalized spacial score (nSPS) is 16.3. The Hall–Kier alpha value is -0.290. The van der Waals surface area contributed by atoms with E-state index in [1.54, 1.807) is 21.8 Å². The van der Waals surface area contributed by atoms with Crippen LogP contribution in [0.25, 0.3) is 0 Å². The summed E-state index contributed by atoms with van der Waals surface area (Å²) in [6.07, 6.45) is 3.64. The number of hydrogen-bond donors (Lipinski definition) is 1. The Bertz CT molecular complexity index is 492. The average Bonchev–Trinajstić information content (AvgIpc) is 3.08. The van der Waals surface area contributed by atoms with Crippen LogP contribution in [0.4, 0.5) is 0 Å². The van der Waals surface area contributed by atoms with Crippen molar-refractivity contribution in [3.8, 4) is 0 Å². The van der Waals surface area contributed by atoms with Gasteiger partial charge in [-0.3, -0.25) is 0 Å². The van der Waals surface area contributed by atoms with E-state index in [-0.39, 0.29) is 0 Å². The van der Waals surface area contributed by atoms with Crippen molar-refractivity contribution in [1.29, 1.82) is 0 Å². The first kappa shape index (κ1) is 13.7. The molecule has 4 heteroatoms. The van der Waals surface area contributed by atoms with E-state index in [0.717, 1.165) is 0 Å². The Morgan fingerprint density at radius 3 is 3.11 bits per heavy atom. The minimum absolute atomic E-state index is 0.514. The molecule has 0 aromatic carbocycles. The maximum absolute atomic E-state index is 3.50. The van der Waals surface area contributed by atoms with Gasteiger partial charge in [0.1, 0.15) is 0 Å². The van der Waals surface area contributed by atoms with Crippen LogP contribution in [-0.2, 0) is 18.6 Å². The zero-order valence-electron chi connectivity index (χ0n) is 11.1. The summed E-state index contributed by atoms with van der Waals surface area (Å²) in [7, 11) is 2.09. The van der Waals surface area contributed by atoms with Crippen LogP contribution in [0.5, 0.6) is 0 Å². The summed E-state index contributed by atoms with van der Waals surface area (Å²) >= 11 is 5.90. The van der Waals surface area contributed by atoms with Crippen LogP contribution in [0.2, 0.25) is 0 Å². The third-order valence-electron chi connectivity index (χ3n) is 3.64. The summed E-state index contributed by atoms with van der Waals surface area (Å²) in [6, 6.07) is 5.20. The zero-order chi connectivity index (χ0) is 13.1. The topological polar surface area (TPSA) is 12.0 Å². The molecule has 0 radical (unpaired) electrons. The molecule has 102 valence electrons. The Labute approximate surface area is 127 Å². The molecule has 0 bridgehead atoms. The summed E-state index contributed by atoms with van der Waals surface area (Å²) in [5.74, 6) is 2.51. The molecular formula is C15H19NS3. The third kappa shape index (κ3) is 3.24. The molecular weight excluding hydrogens is 290 g/mol. The van der Waals surface area contributed by atoms with Crippen molar-refractivity contribution in [2.45, 2.75) is 31.1 Å². The molecule has 1 N–H and O–H groups in total. The second-order valence-electron chi connectivity index (χ2n) is 4.91. The van der Waals surface area contributed by atoms with Crippen LogP contribution < -0.4 is 5.32 Å². The molecule has 3 rings (SSSR count). The first-order chi connectivity index (χ1) is 9.36. The highest BCUT2D eigenvalue weighted by Crippen LogP contribution is 2.35. The van der Waals surface area contributed by atoms with Gasteiger partial charge in [0, 0.05) is 21.5 Å². The predicted molar refractivity (Wildman–Crippen MR) is 88.6 cm³/mol. The lowest BCUT2D eigenvalue weighted by Gasteiger charge is -2.13. The van der Waals surface area contributed by atoms with E-state index >= 15 is 0 Å². The van der Waals surface area contributed by atoms with Crippen LogP contribution in [0.3, 0.4) is 0 Å². The number of hydrogen-bond acceptors (Lipinski definition) is 4. The van der Waals surface area contributed by atoms with Gasteiger partial charge in [-0.15, -0.1) is 11.3 Å². The molecule has 1 atom stereocenters. The molecule has 1 nitrogen and oxygen atoms in total. The number of nitrogens with one attached hydrogen (secondary N) is 1. The fourth-order valence-corrected chi connectivity index (χ4v) is 5.74. The SMILES string of the molecule is CNC(CCc1ccsc1)c1cc2c(s1)CCSC2. The molecule has 1 aliphatic rings. The summed E-state index contributed by atoms with van der Waals surface area (Å²) in [5, 5.41) is 7.94. The lowest BCUT2D eigenvalue weighted by molar-refractivity contribution is 0.558. The number of thiophene rings is 2. The van der Waals surface area contributed by atoms with Crippen LogP contribution in [-0.4, -0.2) is 12.8 Å². The molecule has 19 heavy (non-hydrogen) atoms. The van der Waals surface area contributed by atoms with Crippen molar-refractivity contribution >= 4 is 34.4 Å². The van der Waals surface area contributed by atoms with E-state index < -0.39 is 0 Å². The highest BCUT2D eigenvalue weighted by Gasteiger charge is 2.18. The van der Waals surface area contributed by atoms with Gasteiger partial charge in [-0.25, -0.2) is 0 Å². The molecule has 3 heterocycles. The van der Waals surface area contributed by atoms with Gasteiger partial charge in [0.05, 0.1) is 0 Å². The van der Waals surface area contributed by atoms with E-state index in [1.165, 1.54) is 41.2 Å². The van der Waals surface area contributed by atoms with Crippen molar-refractivity contribution < 1.29 is 0 Å². The first-order valence-corrected chi connectivity index (χ1v) is 9.66. The largest absolute Gasteiger partial charge is 0.312 e. The lowest BCUT2D eigenvalue weighted by Crippen LogP contribution is -2.15. The highest BCUT2D eigenvalue weighted by atomic mass is 32.2. The van der Waals surface area contributed by atoms with E-state index in [2.05, 4.69) is 47.0 Å². The second-order valence-corrected chi connectivity index (χ2v) is 7.96. The third-order valence-corrected chi connectivity index (χ3v) is 6.73. The summed E-state index contributed by atoms with van der Waals surface area (Å²) in [4.78, 5) is 3.16. The van der Waals surface area contributed by atoms with Crippen LogP contribution >= 0.6 is 34.4 Å². The maximum Gasteiger partial charge on any atom is 0.0415 e. The van der Waals surface area contributed by atoms with Gasteiger partial charge < -0.3 is 5.32 Å². The molecule has 0 amide bonds. The second kappa shape index (κ2) is 6.44. The van der Waals surface area contributed by atoms with E-state index in [4.69, 9.17) is 0 Å². The summed E-state index contributed by atoms with van der Waals surface area (Å²) < 4.78 is 0. The van der Waals surface area contributed by atoms with Crippen molar-refractivity contribution in [1.82, 2.24) is 5.32 Å². The Morgan fingerprint density at radius 1 is 1.42 bits per heavy atom. The number of thioether (sulfide) groups is 1. The Balaban J connectivity index is 1.69. The van der Waals surface area contributed by atoms with Crippen molar-refractivity contribution in [3.63, 3.8) is 0 Å². The first-order valence-electron chi connectivity index (χ1n) is 6.74. The molecule has 0 spiro atoms. The average molecular weight is 310 g/mol. The molecule has 2 aromatic heterocycles. The van der Waals surface area contributed by atoms with Gasteiger partial charge in [0.2, 0.25) is 0 Å². The number of fused-ring (bicyclic) bond motifs is 1. The Morgan fingerprint density at radius 2 is 2.37 bits per heavy atom. The minimum atomic E-state index is 0.514. The monoisotopic (exact) mass is 309 g/mol. The van der Waals surface area contributed by atoms with Gasteiger partial charge in [0.15, 0.2) is 0 Å². The lowest BCUT2D eigenvalue weighted by atomic mass is 10.1. The predicted octanol–water partition coefficient (Wildman–Crippen LogP) is 4.49. The molecule has 2 aromatic rings. The van der Waals surface area contributed by atoms with Crippen molar-refractivity contribution in [2.75, 3.05) is 12.8 Å². The molecule has 0 saturated heterocycles. The zero-order valence-corrected chi connectivity index (χ0v) is 13.6. The summed E-state index contributed by atoms with van der Waals surface area (Å²) in [6.45, 7) is 0. The fraction of sp³-hybridized carbons (Fsp3) is 0.467. The molecule has 1 unspecified atom stereocenters. The van der Waals surface area contributed by atoms with Gasteiger partial charge in [-0.1, -0.05) is 0 Å². The smallest absolute Gasteiger partial charge is 0.0415 e. The van der Waals surface area contributed by atoms with E-state index in [1.807, 2.05) is 11.3 Å². The minimum Gasteiger partial charge on any atom is -0.312 e. The molecule has 0 aliphatic carbocycles. The van der Waals surface area contributed by atoms with E-state index in [0.29, 0.717) is 6.04 Å². The van der Waals surface area contributed by atoms with Crippen LogP contribution in [0.1, 0.15) is 33.3 Å². The summed E-state index contributed by atoms with van der Waals surface area (Å²) in [5.41, 5.74) is 3.06. The maximum atomic E-state index is 3.50.